The van der Waals surface area contributed by atoms with Gasteiger partial charge >= 0.3 is 0 Å². The van der Waals surface area contributed by atoms with Gasteiger partial charge < -0.3 is 14.7 Å². The number of benzene rings is 1. The van der Waals surface area contributed by atoms with Gasteiger partial charge in [0.25, 0.3) is 11.6 Å². The summed E-state index contributed by atoms with van der Waals surface area (Å²) in [5, 5.41) is 20.7. The van der Waals surface area contributed by atoms with Gasteiger partial charge in [0.15, 0.2) is 0 Å². The molecular weight excluding hydrogens is 288 g/mol. The number of ether oxygens (including phenoxy) is 1. The molecule has 1 N–H and O–H groups in total. The molecule has 0 saturated heterocycles. The summed E-state index contributed by atoms with van der Waals surface area (Å²) in [4.78, 5) is 23.6. The van der Waals surface area contributed by atoms with Crippen LogP contribution >= 0.6 is 11.6 Å². The van der Waals surface area contributed by atoms with Crippen LogP contribution in [0.5, 0.6) is 0 Å². The molecule has 1 unspecified atom stereocenters. The summed E-state index contributed by atoms with van der Waals surface area (Å²) < 4.78 is 4.75. The van der Waals surface area contributed by atoms with Crippen molar-refractivity contribution < 1.29 is 19.6 Å². The first-order valence-electron chi connectivity index (χ1n) is 5.73. The van der Waals surface area contributed by atoms with Crippen molar-refractivity contribution in [1.82, 2.24) is 4.90 Å². The Labute approximate surface area is 120 Å². The maximum Gasteiger partial charge on any atom is 0.282 e. The number of nitrogens with zero attached hydrogens (tertiary/aromatic N) is 2. The minimum Gasteiger partial charge on any atom is -0.389 e. The number of methoxy groups -OCH3 is 1. The van der Waals surface area contributed by atoms with E-state index in [0.717, 1.165) is 0 Å². The highest BCUT2D eigenvalue weighted by atomic mass is 35.5. The fraction of sp³-hybridized carbons (Fsp3) is 0.417. The summed E-state index contributed by atoms with van der Waals surface area (Å²) in [7, 11) is 2.86. The number of aliphatic hydroxyl groups excluding tert-OH is 1. The molecule has 1 aromatic rings. The SMILES string of the molecule is COCC(O)CN(C)C(=O)c1cc(Cl)ccc1[N+](=O)[O-]. The number of halogens is 1. The third-order valence-electron chi connectivity index (χ3n) is 2.58. The molecule has 1 amide bonds. The molecule has 0 aromatic heterocycles. The summed E-state index contributed by atoms with van der Waals surface area (Å²) in [5.41, 5.74) is -0.443. The quantitative estimate of drug-likeness (QED) is 0.632. The van der Waals surface area contributed by atoms with E-state index in [2.05, 4.69) is 0 Å². The minimum atomic E-state index is -0.868. The molecule has 0 saturated carbocycles. The number of nitro benzene ring substituents is 1. The number of carbonyl (C=O) groups excluding carboxylic acids is 1. The first kappa shape index (κ1) is 16.4. The Morgan fingerprint density at radius 2 is 2.25 bits per heavy atom. The van der Waals surface area contributed by atoms with Gasteiger partial charge in [-0.2, -0.15) is 0 Å². The van der Waals surface area contributed by atoms with Crippen molar-refractivity contribution in [1.29, 1.82) is 0 Å². The molecule has 0 heterocycles. The standard InChI is InChI=1S/C12H15ClN2O5/c1-14(6-9(16)7-20-2)12(17)10-5-8(13)3-4-11(10)15(18)19/h3-5,9,16H,6-7H2,1-2H3. The molecular formula is C12H15ClN2O5. The van der Waals surface area contributed by atoms with Gasteiger partial charge in [-0.05, 0) is 12.1 Å². The number of nitro groups is 1. The minimum absolute atomic E-state index is 0.00363. The van der Waals surface area contributed by atoms with E-state index >= 15 is 0 Å². The van der Waals surface area contributed by atoms with Crippen molar-refractivity contribution in [3.05, 3.63) is 38.9 Å². The lowest BCUT2D eigenvalue weighted by atomic mass is 10.1. The molecule has 1 atom stereocenters. The first-order valence-corrected chi connectivity index (χ1v) is 6.11. The molecule has 0 aliphatic carbocycles. The highest BCUT2D eigenvalue weighted by molar-refractivity contribution is 6.31. The van der Waals surface area contributed by atoms with Gasteiger partial charge in [-0.25, -0.2) is 0 Å². The average Bonchev–Trinajstić information content (AvgIpc) is 2.37. The van der Waals surface area contributed by atoms with E-state index in [1.54, 1.807) is 0 Å². The molecule has 1 rings (SSSR count). The van der Waals surface area contributed by atoms with Crippen LogP contribution in [0.4, 0.5) is 5.69 Å². The van der Waals surface area contributed by atoms with E-state index in [0.29, 0.717) is 0 Å². The van der Waals surface area contributed by atoms with Crippen LogP contribution in [0.3, 0.4) is 0 Å². The fourth-order valence-corrected chi connectivity index (χ4v) is 1.86. The van der Waals surface area contributed by atoms with Crippen molar-refractivity contribution in [3.8, 4) is 0 Å². The third kappa shape index (κ3) is 4.16. The number of likely N-dealkylation sites (N-methyl/N-ethyl adjacent to an activating group) is 1. The van der Waals surface area contributed by atoms with Crippen LogP contribution in [0.1, 0.15) is 10.4 Å². The van der Waals surface area contributed by atoms with Crippen LogP contribution in [-0.4, -0.2) is 54.3 Å². The third-order valence-corrected chi connectivity index (χ3v) is 2.81. The largest absolute Gasteiger partial charge is 0.389 e. The van der Waals surface area contributed by atoms with Crippen LogP contribution < -0.4 is 0 Å². The molecule has 0 radical (unpaired) electrons. The Bertz CT molecular complexity index is 509. The van der Waals surface area contributed by atoms with Gasteiger partial charge in [0.05, 0.1) is 17.6 Å². The molecule has 0 bridgehead atoms. The molecule has 0 fully saturated rings. The van der Waals surface area contributed by atoms with Crippen molar-refractivity contribution in [2.24, 2.45) is 0 Å². The lowest BCUT2D eigenvalue weighted by Crippen LogP contribution is -2.36. The topological polar surface area (TPSA) is 92.9 Å². The van der Waals surface area contributed by atoms with Crippen LogP contribution in [0, 0.1) is 10.1 Å². The lowest BCUT2D eigenvalue weighted by molar-refractivity contribution is -0.385. The molecule has 1 aromatic carbocycles. The van der Waals surface area contributed by atoms with Gasteiger partial charge in [0.2, 0.25) is 0 Å². The highest BCUT2D eigenvalue weighted by Gasteiger charge is 2.24. The molecule has 20 heavy (non-hydrogen) atoms. The maximum atomic E-state index is 12.2. The second kappa shape index (κ2) is 7.18. The second-order valence-corrected chi connectivity index (χ2v) is 4.65. The van der Waals surface area contributed by atoms with Crippen molar-refractivity contribution in [2.75, 3.05) is 27.3 Å². The van der Waals surface area contributed by atoms with Gasteiger partial charge in [0, 0.05) is 31.8 Å². The smallest absolute Gasteiger partial charge is 0.282 e. The van der Waals surface area contributed by atoms with Gasteiger partial charge in [-0.1, -0.05) is 11.6 Å². The number of hydrogen-bond acceptors (Lipinski definition) is 5. The van der Waals surface area contributed by atoms with Crippen LogP contribution in [-0.2, 0) is 4.74 Å². The summed E-state index contributed by atoms with van der Waals surface area (Å²) >= 11 is 5.76. The van der Waals surface area contributed by atoms with E-state index in [4.69, 9.17) is 16.3 Å². The van der Waals surface area contributed by atoms with Crippen LogP contribution in [0.2, 0.25) is 5.02 Å². The van der Waals surface area contributed by atoms with Gasteiger partial charge in [-0.3, -0.25) is 14.9 Å². The lowest BCUT2D eigenvalue weighted by Gasteiger charge is -2.20. The number of amides is 1. The molecule has 8 heteroatoms. The molecule has 110 valence electrons. The van der Waals surface area contributed by atoms with Gasteiger partial charge in [-0.15, -0.1) is 0 Å². The van der Waals surface area contributed by atoms with Crippen molar-refractivity contribution in [2.45, 2.75) is 6.10 Å². The highest BCUT2D eigenvalue weighted by Crippen LogP contribution is 2.23. The van der Waals surface area contributed by atoms with Crippen molar-refractivity contribution in [3.63, 3.8) is 0 Å². The Morgan fingerprint density at radius 3 is 2.80 bits per heavy atom. The fourth-order valence-electron chi connectivity index (χ4n) is 1.69. The molecule has 0 aliphatic heterocycles. The Hall–Kier alpha value is -1.70. The predicted octanol–water partition coefficient (Wildman–Crippen LogP) is 1.33. The Balaban J connectivity index is 2.96. The summed E-state index contributed by atoms with van der Waals surface area (Å²) in [6, 6.07) is 3.76. The molecule has 0 spiro atoms. The van der Waals surface area contributed by atoms with E-state index in [-0.39, 0.29) is 29.4 Å². The zero-order valence-corrected chi connectivity index (χ0v) is 11.8. The zero-order valence-electron chi connectivity index (χ0n) is 11.1. The van der Waals surface area contributed by atoms with E-state index in [1.165, 1.54) is 37.3 Å². The number of aliphatic hydroxyl groups is 1. The zero-order chi connectivity index (χ0) is 15.3. The average molecular weight is 303 g/mol. The number of carbonyl (C=O) groups is 1. The molecule has 7 nitrogen and oxygen atoms in total. The normalized spacial score (nSPS) is 12.0. The second-order valence-electron chi connectivity index (χ2n) is 4.21. The number of rotatable bonds is 6. The van der Waals surface area contributed by atoms with Gasteiger partial charge in [0.1, 0.15) is 5.56 Å². The van der Waals surface area contributed by atoms with E-state index in [9.17, 15) is 20.0 Å². The first-order chi connectivity index (χ1) is 9.36. The van der Waals surface area contributed by atoms with Crippen LogP contribution in [0.15, 0.2) is 18.2 Å². The monoisotopic (exact) mass is 302 g/mol. The maximum absolute atomic E-state index is 12.2. The molecule has 0 aliphatic rings. The summed E-state index contributed by atoms with van der Waals surface area (Å²) in [6.07, 6.45) is -0.868. The summed E-state index contributed by atoms with van der Waals surface area (Å²) in [5.74, 6) is -0.589. The Kier molecular flexibility index (Phi) is 5.87. The summed E-state index contributed by atoms with van der Waals surface area (Å²) in [6.45, 7) is 0.0611. The van der Waals surface area contributed by atoms with E-state index < -0.39 is 16.9 Å². The Morgan fingerprint density at radius 1 is 1.60 bits per heavy atom. The van der Waals surface area contributed by atoms with Crippen LogP contribution in [0.25, 0.3) is 0 Å². The van der Waals surface area contributed by atoms with E-state index in [1.807, 2.05) is 0 Å². The predicted molar refractivity (Wildman–Crippen MR) is 72.9 cm³/mol. The number of hydrogen-bond donors (Lipinski definition) is 1. The van der Waals surface area contributed by atoms with Crippen molar-refractivity contribution >= 4 is 23.2 Å².